The Morgan fingerprint density at radius 2 is 1.64 bits per heavy atom. The highest BCUT2D eigenvalue weighted by Crippen LogP contribution is 2.31. The van der Waals surface area contributed by atoms with Gasteiger partial charge in [-0.2, -0.15) is 4.98 Å². The number of fused-ring (bicyclic) bond motifs is 2. The summed E-state index contributed by atoms with van der Waals surface area (Å²) in [6.45, 7) is 8.10. The fourth-order valence-electron chi connectivity index (χ4n) is 5.45. The number of nitrogens with zero attached hydrogens (tertiary/aromatic N) is 7. The van der Waals surface area contributed by atoms with Gasteiger partial charge >= 0.3 is 0 Å². The normalized spacial score (nSPS) is 16.8. The molecule has 0 spiro atoms. The van der Waals surface area contributed by atoms with Gasteiger partial charge in [0.15, 0.2) is 5.65 Å². The van der Waals surface area contributed by atoms with Crippen LogP contribution in [0.5, 0.6) is 0 Å². The minimum absolute atomic E-state index is 0.238. The van der Waals surface area contributed by atoms with Crippen molar-refractivity contribution in [1.82, 2.24) is 34.7 Å². The summed E-state index contributed by atoms with van der Waals surface area (Å²) >= 11 is 0. The first-order valence-corrected chi connectivity index (χ1v) is 13.5. The highest BCUT2D eigenvalue weighted by molar-refractivity contribution is 5.93. The smallest absolute Gasteiger partial charge is 0.228 e. The number of anilines is 2. The number of nitrogens with two attached hydrogens (primary N) is 1. The maximum atomic E-state index is 5.76. The number of nitrogen functional groups attached to an aromatic ring is 1. The lowest BCUT2D eigenvalue weighted by Crippen LogP contribution is -2.42. The number of nitrogens with one attached hydrogen (secondary N) is 1. The molecule has 0 atom stereocenters. The molecule has 7 rings (SSSR count). The summed E-state index contributed by atoms with van der Waals surface area (Å²) in [6, 6.07) is 15.5. The van der Waals surface area contributed by atoms with Crippen molar-refractivity contribution in [2.24, 2.45) is 0 Å². The molecular formula is C29H31N9O. The van der Waals surface area contributed by atoms with Crippen molar-refractivity contribution in [2.75, 3.05) is 63.1 Å². The van der Waals surface area contributed by atoms with Gasteiger partial charge in [0.25, 0.3) is 0 Å². The summed E-state index contributed by atoms with van der Waals surface area (Å²) in [5.41, 5.74) is 10.6. The maximum absolute atomic E-state index is 5.76. The Morgan fingerprint density at radius 3 is 2.46 bits per heavy atom. The predicted molar refractivity (Wildman–Crippen MR) is 153 cm³/mol. The van der Waals surface area contributed by atoms with Gasteiger partial charge in [-0.05, 0) is 40.6 Å². The number of rotatable bonds is 5. The molecule has 2 aliphatic rings. The standard InChI is InChI=1S/C29H31N9O/c30-28-32-17-23(18-33-28)26-25-5-8-38(27(25)35-29(34-26)37-11-13-39-14-12-37)24-4-3-21-15-20(1-2-22(21)16-24)19-36-9-6-31-7-10-36/h1-5,8,15-18,31H,6-7,9-14,19H2,(H2,30,32,33). The molecule has 3 aromatic heterocycles. The van der Waals surface area contributed by atoms with Crippen LogP contribution in [0.15, 0.2) is 61.1 Å². The van der Waals surface area contributed by atoms with E-state index in [9.17, 15) is 0 Å². The minimum atomic E-state index is 0.238. The predicted octanol–water partition coefficient (Wildman–Crippen LogP) is 2.85. The Morgan fingerprint density at radius 1 is 0.872 bits per heavy atom. The Kier molecular flexibility index (Phi) is 6.28. The summed E-state index contributed by atoms with van der Waals surface area (Å²) in [5.74, 6) is 0.915. The van der Waals surface area contributed by atoms with Crippen LogP contribution in [-0.4, -0.2) is 81.9 Å². The van der Waals surface area contributed by atoms with Gasteiger partial charge in [0.05, 0.1) is 18.9 Å². The first-order valence-electron chi connectivity index (χ1n) is 13.5. The van der Waals surface area contributed by atoms with Crippen LogP contribution in [0.1, 0.15) is 5.56 Å². The van der Waals surface area contributed by atoms with Gasteiger partial charge in [-0.15, -0.1) is 0 Å². The quantitative estimate of drug-likeness (QED) is 0.361. The topological polar surface area (TPSA) is 110 Å². The fraction of sp³-hybridized carbons (Fsp3) is 0.310. The van der Waals surface area contributed by atoms with Crippen LogP contribution in [0.4, 0.5) is 11.9 Å². The lowest BCUT2D eigenvalue weighted by atomic mass is 10.1. The molecule has 3 N–H and O–H groups in total. The van der Waals surface area contributed by atoms with Gasteiger partial charge in [0.1, 0.15) is 0 Å². The van der Waals surface area contributed by atoms with E-state index < -0.39 is 0 Å². The first kappa shape index (κ1) is 24.0. The number of ether oxygens (including phenoxy) is 1. The molecule has 2 saturated heterocycles. The van der Waals surface area contributed by atoms with E-state index in [1.54, 1.807) is 12.4 Å². The van der Waals surface area contributed by atoms with Crippen LogP contribution in [0.2, 0.25) is 0 Å². The van der Waals surface area contributed by atoms with E-state index in [0.717, 1.165) is 73.8 Å². The Labute approximate surface area is 226 Å². The van der Waals surface area contributed by atoms with Crippen molar-refractivity contribution in [3.63, 3.8) is 0 Å². The van der Waals surface area contributed by atoms with Gasteiger partial charge in [0, 0.05) is 81.0 Å². The largest absolute Gasteiger partial charge is 0.378 e. The summed E-state index contributed by atoms with van der Waals surface area (Å²) in [7, 11) is 0. The van der Waals surface area contributed by atoms with Crippen molar-refractivity contribution in [2.45, 2.75) is 6.54 Å². The van der Waals surface area contributed by atoms with Crippen LogP contribution in [0, 0.1) is 0 Å². The molecule has 5 aromatic rings. The average Bonchev–Trinajstić information content (AvgIpc) is 3.42. The molecule has 5 heterocycles. The Hall–Kier alpha value is -4.12. The zero-order valence-electron chi connectivity index (χ0n) is 21.8. The lowest BCUT2D eigenvalue weighted by Gasteiger charge is -2.27. The Balaban J connectivity index is 1.28. The van der Waals surface area contributed by atoms with Gasteiger partial charge in [-0.25, -0.2) is 15.0 Å². The van der Waals surface area contributed by atoms with E-state index in [1.165, 1.54) is 16.3 Å². The van der Waals surface area contributed by atoms with Gasteiger partial charge in [0.2, 0.25) is 11.9 Å². The lowest BCUT2D eigenvalue weighted by molar-refractivity contribution is 0.122. The molecule has 0 radical (unpaired) electrons. The number of piperazine rings is 1. The van der Waals surface area contributed by atoms with E-state index in [2.05, 4.69) is 78.3 Å². The third kappa shape index (κ3) is 4.78. The summed E-state index contributed by atoms with van der Waals surface area (Å²) in [4.78, 5) is 23.1. The van der Waals surface area contributed by atoms with Crippen molar-refractivity contribution in [3.8, 4) is 16.9 Å². The molecule has 2 aliphatic heterocycles. The average molecular weight is 522 g/mol. The molecular weight excluding hydrogens is 490 g/mol. The second kappa shape index (κ2) is 10.2. The number of hydrogen-bond donors (Lipinski definition) is 2. The zero-order valence-corrected chi connectivity index (χ0v) is 21.8. The van der Waals surface area contributed by atoms with E-state index in [1.807, 2.05) is 0 Å². The van der Waals surface area contributed by atoms with Crippen LogP contribution in [0.3, 0.4) is 0 Å². The van der Waals surface area contributed by atoms with Crippen LogP contribution < -0.4 is 16.0 Å². The van der Waals surface area contributed by atoms with E-state index >= 15 is 0 Å². The number of benzene rings is 2. The summed E-state index contributed by atoms with van der Waals surface area (Å²) < 4.78 is 7.70. The molecule has 2 aromatic carbocycles. The van der Waals surface area contributed by atoms with Crippen molar-refractivity contribution in [3.05, 3.63) is 66.6 Å². The minimum Gasteiger partial charge on any atom is -0.378 e. The second-order valence-electron chi connectivity index (χ2n) is 10.1. The number of hydrogen-bond acceptors (Lipinski definition) is 9. The van der Waals surface area contributed by atoms with Crippen LogP contribution in [-0.2, 0) is 11.3 Å². The molecule has 10 heteroatoms. The third-order valence-electron chi connectivity index (χ3n) is 7.55. The summed E-state index contributed by atoms with van der Waals surface area (Å²) in [5, 5.41) is 6.81. The van der Waals surface area contributed by atoms with Crippen LogP contribution in [0.25, 0.3) is 38.8 Å². The first-order chi connectivity index (χ1) is 19.2. The molecule has 198 valence electrons. The van der Waals surface area contributed by atoms with Gasteiger partial charge < -0.3 is 25.3 Å². The maximum Gasteiger partial charge on any atom is 0.228 e. The molecule has 0 amide bonds. The van der Waals surface area contributed by atoms with Crippen LogP contribution >= 0.6 is 0 Å². The van der Waals surface area contributed by atoms with E-state index in [-0.39, 0.29) is 5.95 Å². The van der Waals surface area contributed by atoms with Crippen molar-refractivity contribution < 1.29 is 4.74 Å². The molecule has 10 nitrogen and oxygen atoms in total. The monoisotopic (exact) mass is 521 g/mol. The molecule has 0 unspecified atom stereocenters. The third-order valence-corrected chi connectivity index (χ3v) is 7.55. The highest BCUT2D eigenvalue weighted by Gasteiger charge is 2.20. The zero-order chi connectivity index (χ0) is 26.2. The Bertz CT molecular complexity index is 1620. The molecule has 2 fully saturated rings. The van der Waals surface area contributed by atoms with E-state index in [4.69, 9.17) is 20.4 Å². The van der Waals surface area contributed by atoms with Crippen molar-refractivity contribution >= 4 is 33.7 Å². The second-order valence-corrected chi connectivity index (χ2v) is 10.1. The molecule has 0 bridgehead atoms. The van der Waals surface area contributed by atoms with Gasteiger partial charge in [-0.3, -0.25) is 4.90 Å². The van der Waals surface area contributed by atoms with E-state index in [0.29, 0.717) is 19.2 Å². The molecule has 0 aliphatic carbocycles. The molecule has 0 saturated carbocycles. The number of aromatic nitrogens is 5. The number of morpholine rings is 1. The van der Waals surface area contributed by atoms with Crippen molar-refractivity contribution in [1.29, 1.82) is 0 Å². The molecule has 39 heavy (non-hydrogen) atoms. The van der Waals surface area contributed by atoms with Gasteiger partial charge in [-0.1, -0.05) is 18.2 Å². The highest BCUT2D eigenvalue weighted by atomic mass is 16.5. The SMILES string of the molecule is Nc1ncc(-c2nc(N3CCOCC3)nc3c2ccn3-c2ccc3cc(CN4CCNCC4)ccc3c2)cn1. The fourth-order valence-corrected chi connectivity index (χ4v) is 5.45. The summed E-state index contributed by atoms with van der Waals surface area (Å²) in [6.07, 6.45) is 5.50.